The Bertz CT molecular complexity index is 500. The lowest BCUT2D eigenvalue weighted by Gasteiger charge is -2.20. The number of hydrogen-bond acceptors (Lipinski definition) is 1. The van der Waals surface area contributed by atoms with Gasteiger partial charge in [-0.2, -0.15) is 0 Å². The van der Waals surface area contributed by atoms with E-state index in [0.717, 1.165) is 5.75 Å². The van der Waals surface area contributed by atoms with Gasteiger partial charge in [-0.3, -0.25) is 0 Å². The lowest BCUT2D eigenvalue weighted by molar-refractivity contribution is 0.308. The maximum absolute atomic E-state index is 5.98. The van der Waals surface area contributed by atoms with Gasteiger partial charge in [0.2, 0.25) is 0 Å². The second-order valence-corrected chi connectivity index (χ2v) is 10.6. The minimum absolute atomic E-state index is 0.641. The van der Waals surface area contributed by atoms with E-state index >= 15 is 0 Å². The SMILES string of the molecule is C[Si](C)(C)c1ccccc1OCc1ccccc1. The van der Waals surface area contributed by atoms with Crippen molar-refractivity contribution in [2.45, 2.75) is 26.2 Å². The average molecular weight is 256 g/mol. The molecule has 2 rings (SSSR count). The monoisotopic (exact) mass is 256 g/mol. The molecular formula is C16H20OSi. The number of ether oxygens (including phenoxy) is 1. The van der Waals surface area contributed by atoms with Crippen molar-refractivity contribution in [3.05, 3.63) is 60.2 Å². The van der Waals surface area contributed by atoms with Crippen molar-refractivity contribution >= 4 is 13.3 Å². The van der Waals surface area contributed by atoms with E-state index < -0.39 is 8.07 Å². The van der Waals surface area contributed by atoms with Crippen LogP contribution < -0.4 is 9.92 Å². The van der Waals surface area contributed by atoms with Crippen LogP contribution in [0.5, 0.6) is 5.75 Å². The molecule has 18 heavy (non-hydrogen) atoms. The van der Waals surface area contributed by atoms with Crippen LogP contribution in [0.25, 0.3) is 0 Å². The molecule has 94 valence electrons. The molecule has 0 fully saturated rings. The first-order valence-corrected chi connectivity index (χ1v) is 9.83. The highest BCUT2D eigenvalue weighted by Crippen LogP contribution is 2.15. The maximum atomic E-state index is 5.98. The third-order valence-corrected chi connectivity index (χ3v) is 4.96. The first-order chi connectivity index (χ1) is 8.57. The number of benzene rings is 2. The van der Waals surface area contributed by atoms with Crippen LogP contribution in [-0.4, -0.2) is 8.07 Å². The summed E-state index contributed by atoms with van der Waals surface area (Å²) in [6, 6.07) is 18.7. The smallest absolute Gasteiger partial charge is 0.119 e. The van der Waals surface area contributed by atoms with Gasteiger partial charge in [0.25, 0.3) is 0 Å². The van der Waals surface area contributed by atoms with Gasteiger partial charge < -0.3 is 4.74 Å². The molecule has 0 heterocycles. The molecular weight excluding hydrogens is 236 g/mol. The normalized spacial score (nSPS) is 11.3. The van der Waals surface area contributed by atoms with Crippen LogP contribution in [-0.2, 0) is 6.61 Å². The van der Waals surface area contributed by atoms with E-state index in [1.807, 2.05) is 24.3 Å². The lowest BCUT2D eigenvalue weighted by atomic mass is 10.2. The van der Waals surface area contributed by atoms with Gasteiger partial charge in [-0.25, -0.2) is 0 Å². The first kappa shape index (κ1) is 12.9. The Hall–Kier alpha value is -1.54. The van der Waals surface area contributed by atoms with E-state index in [0.29, 0.717) is 6.61 Å². The maximum Gasteiger partial charge on any atom is 0.119 e. The summed E-state index contributed by atoms with van der Waals surface area (Å²) in [6.07, 6.45) is 0. The average Bonchev–Trinajstić information content (AvgIpc) is 2.37. The molecule has 0 amide bonds. The minimum Gasteiger partial charge on any atom is -0.489 e. The van der Waals surface area contributed by atoms with E-state index in [2.05, 4.69) is 50.0 Å². The van der Waals surface area contributed by atoms with Gasteiger partial charge in [-0.1, -0.05) is 68.2 Å². The second-order valence-electron chi connectivity index (χ2n) is 5.52. The minimum atomic E-state index is -1.34. The number of para-hydroxylation sites is 1. The van der Waals surface area contributed by atoms with E-state index in [4.69, 9.17) is 4.74 Å². The molecule has 1 nitrogen and oxygen atoms in total. The zero-order chi connectivity index (χ0) is 13.0. The van der Waals surface area contributed by atoms with Crippen molar-refractivity contribution in [1.82, 2.24) is 0 Å². The van der Waals surface area contributed by atoms with Crippen molar-refractivity contribution in [3.63, 3.8) is 0 Å². The number of rotatable bonds is 4. The van der Waals surface area contributed by atoms with E-state index in [-0.39, 0.29) is 0 Å². The van der Waals surface area contributed by atoms with Crippen LogP contribution in [0.3, 0.4) is 0 Å². The van der Waals surface area contributed by atoms with E-state index in [1.54, 1.807) is 0 Å². The van der Waals surface area contributed by atoms with Crippen molar-refractivity contribution in [1.29, 1.82) is 0 Å². The van der Waals surface area contributed by atoms with Gasteiger partial charge in [-0.05, 0) is 16.8 Å². The standard InChI is InChI=1S/C16H20OSi/c1-18(2,3)16-12-8-7-11-15(16)17-13-14-9-5-4-6-10-14/h4-12H,13H2,1-3H3. The summed E-state index contributed by atoms with van der Waals surface area (Å²) in [5, 5.41) is 1.39. The Balaban J connectivity index is 2.15. The molecule has 0 aliphatic heterocycles. The first-order valence-electron chi connectivity index (χ1n) is 6.33. The Morgan fingerprint density at radius 2 is 1.44 bits per heavy atom. The predicted octanol–water partition coefficient (Wildman–Crippen LogP) is 3.81. The Labute approximate surface area is 110 Å². The van der Waals surface area contributed by atoms with Crippen LogP contribution in [0.2, 0.25) is 19.6 Å². The van der Waals surface area contributed by atoms with E-state index in [1.165, 1.54) is 10.8 Å². The summed E-state index contributed by atoms with van der Waals surface area (Å²) in [5.74, 6) is 1.04. The Morgan fingerprint density at radius 3 is 2.11 bits per heavy atom. The predicted molar refractivity (Wildman–Crippen MR) is 80.2 cm³/mol. The Kier molecular flexibility index (Phi) is 3.87. The van der Waals surface area contributed by atoms with Gasteiger partial charge in [0.1, 0.15) is 12.4 Å². The van der Waals surface area contributed by atoms with Crippen molar-refractivity contribution in [2.24, 2.45) is 0 Å². The quantitative estimate of drug-likeness (QED) is 0.756. The third-order valence-electron chi connectivity index (χ3n) is 2.93. The van der Waals surface area contributed by atoms with E-state index in [9.17, 15) is 0 Å². The highest BCUT2D eigenvalue weighted by Gasteiger charge is 2.20. The fraction of sp³-hybridized carbons (Fsp3) is 0.250. The van der Waals surface area contributed by atoms with Gasteiger partial charge in [0.15, 0.2) is 0 Å². The van der Waals surface area contributed by atoms with Crippen molar-refractivity contribution in [2.75, 3.05) is 0 Å². The third kappa shape index (κ3) is 3.23. The molecule has 0 bridgehead atoms. The second kappa shape index (κ2) is 5.40. The van der Waals surface area contributed by atoms with Gasteiger partial charge in [0.05, 0.1) is 8.07 Å². The topological polar surface area (TPSA) is 9.23 Å². The van der Waals surface area contributed by atoms with Crippen LogP contribution in [0.4, 0.5) is 0 Å². The van der Waals surface area contributed by atoms with Crippen molar-refractivity contribution < 1.29 is 4.74 Å². The summed E-state index contributed by atoms with van der Waals surface area (Å²) >= 11 is 0. The van der Waals surface area contributed by atoms with Crippen LogP contribution in [0.1, 0.15) is 5.56 Å². The zero-order valence-corrected chi connectivity index (χ0v) is 12.3. The highest BCUT2D eigenvalue weighted by atomic mass is 28.3. The zero-order valence-electron chi connectivity index (χ0n) is 11.3. The molecule has 0 aliphatic rings. The summed E-state index contributed by atoms with van der Waals surface area (Å²) in [5.41, 5.74) is 1.21. The molecule has 0 radical (unpaired) electrons. The summed E-state index contributed by atoms with van der Waals surface area (Å²) < 4.78 is 5.98. The number of hydrogen-bond donors (Lipinski definition) is 0. The van der Waals surface area contributed by atoms with Gasteiger partial charge in [0, 0.05) is 0 Å². The summed E-state index contributed by atoms with van der Waals surface area (Å²) in [6.45, 7) is 7.68. The summed E-state index contributed by atoms with van der Waals surface area (Å²) in [4.78, 5) is 0. The van der Waals surface area contributed by atoms with Crippen LogP contribution in [0, 0.1) is 0 Å². The van der Waals surface area contributed by atoms with Crippen LogP contribution in [0.15, 0.2) is 54.6 Å². The fourth-order valence-corrected chi connectivity index (χ4v) is 3.44. The molecule has 0 unspecified atom stereocenters. The molecule has 0 aliphatic carbocycles. The summed E-state index contributed by atoms with van der Waals surface area (Å²) in [7, 11) is -1.34. The van der Waals surface area contributed by atoms with Gasteiger partial charge in [-0.15, -0.1) is 0 Å². The Morgan fingerprint density at radius 1 is 0.833 bits per heavy atom. The largest absolute Gasteiger partial charge is 0.489 e. The molecule has 0 aromatic heterocycles. The molecule has 0 saturated heterocycles. The molecule has 2 aromatic rings. The molecule has 0 N–H and O–H groups in total. The fourth-order valence-electron chi connectivity index (χ4n) is 1.95. The molecule has 2 heteroatoms. The molecule has 2 aromatic carbocycles. The molecule has 0 spiro atoms. The van der Waals surface area contributed by atoms with Gasteiger partial charge >= 0.3 is 0 Å². The molecule has 0 atom stereocenters. The van der Waals surface area contributed by atoms with Crippen LogP contribution >= 0.6 is 0 Å². The highest BCUT2D eigenvalue weighted by molar-refractivity contribution is 6.89. The van der Waals surface area contributed by atoms with Crippen molar-refractivity contribution in [3.8, 4) is 5.75 Å². The lowest BCUT2D eigenvalue weighted by Crippen LogP contribution is -2.38. The molecule has 0 saturated carbocycles.